The minimum atomic E-state index is 0.391. The van der Waals surface area contributed by atoms with Crippen LogP contribution in [0.1, 0.15) is 5.56 Å². The molecule has 0 spiro atoms. The Morgan fingerprint density at radius 3 is 2.24 bits per heavy atom. The summed E-state index contributed by atoms with van der Waals surface area (Å²) in [7, 11) is 0. The van der Waals surface area contributed by atoms with Gasteiger partial charge in [-0.1, -0.05) is 35.4 Å². The predicted molar refractivity (Wildman–Crippen MR) is 69.0 cm³/mol. The molecule has 0 aliphatic rings. The van der Waals surface area contributed by atoms with E-state index in [1.807, 2.05) is 54.6 Å². The van der Waals surface area contributed by atoms with Crippen LogP contribution in [0, 0.1) is 0 Å². The number of hydrogen-bond acceptors (Lipinski definition) is 2. The number of anilines is 2. The van der Waals surface area contributed by atoms with E-state index in [0.717, 1.165) is 16.9 Å². The Labute approximate surface area is 99.5 Å². The summed E-state index contributed by atoms with van der Waals surface area (Å²) in [6.45, 7) is 0.391. The van der Waals surface area contributed by atoms with Crippen LogP contribution < -0.4 is 5.32 Å². The highest BCUT2D eigenvalue weighted by Gasteiger charge is 1.94. The zero-order chi connectivity index (χ0) is 11.9. The number of hydrogen-bond donors (Lipinski definition) is 1. The first-order chi connectivity index (χ1) is 8.38. The van der Waals surface area contributed by atoms with Crippen LogP contribution in [-0.4, -0.2) is 0 Å². The highest BCUT2D eigenvalue weighted by atomic mass is 15.1. The second kappa shape index (κ2) is 5.58. The van der Waals surface area contributed by atoms with Crippen molar-refractivity contribution < 1.29 is 0 Å². The van der Waals surface area contributed by atoms with Crippen molar-refractivity contribution >= 4 is 11.4 Å². The largest absolute Gasteiger partial charge is 0.356 e. The van der Waals surface area contributed by atoms with Crippen molar-refractivity contribution in [2.45, 2.75) is 6.54 Å². The average molecular weight is 224 g/mol. The summed E-state index contributed by atoms with van der Waals surface area (Å²) in [4.78, 5) is 2.73. The number of rotatable bonds is 4. The molecule has 0 aliphatic heterocycles. The average Bonchev–Trinajstić information content (AvgIpc) is 2.39. The molecule has 2 aromatic carbocycles. The van der Waals surface area contributed by atoms with E-state index in [4.69, 9.17) is 5.53 Å². The van der Waals surface area contributed by atoms with Gasteiger partial charge in [-0.05, 0) is 35.4 Å². The van der Waals surface area contributed by atoms with Crippen molar-refractivity contribution in [3.05, 3.63) is 70.6 Å². The molecule has 2 aromatic rings. The van der Waals surface area contributed by atoms with Crippen LogP contribution in [0.25, 0.3) is 10.4 Å². The topological polar surface area (TPSA) is 60.8 Å². The Balaban J connectivity index is 2.05. The van der Waals surface area contributed by atoms with Gasteiger partial charge in [0, 0.05) is 16.3 Å². The van der Waals surface area contributed by atoms with Crippen molar-refractivity contribution in [2.24, 2.45) is 5.11 Å². The van der Waals surface area contributed by atoms with Crippen LogP contribution in [-0.2, 0) is 6.54 Å². The lowest BCUT2D eigenvalue weighted by Crippen LogP contribution is -1.89. The Morgan fingerprint density at radius 1 is 0.941 bits per heavy atom. The summed E-state index contributed by atoms with van der Waals surface area (Å²) < 4.78 is 0. The van der Waals surface area contributed by atoms with E-state index < -0.39 is 0 Å². The Morgan fingerprint density at radius 2 is 1.59 bits per heavy atom. The first-order valence-electron chi connectivity index (χ1n) is 5.30. The van der Waals surface area contributed by atoms with Crippen molar-refractivity contribution in [3.63, 3.8) is 0 Å². The molecule has 2 rings (SSSR count). The molecule has 0 atom stereocenters. The summed E-state index contributed by atoms with van der Waals surface area (Å²) in [6, 6.07) is 17.8. The monoisotopic (exact) mass is 224 g/mol. The van der Waals surface area contributed by atoms with Gasteiger partial charge < -0.3 is 5.32 Å². The van der Waals surface area contributed by atoms with Crippen LogP contribution in [0.15, 0.2) is 59.7 Å². The maximum absolute atomic E-state index is 8.22. The lowest BCUT2D eigenvalue weighted by atomic mass is 10.2. The molecule has 1 N–H and O–H groups in total. The Kier molecular flexibility index (Phi) is 3.63. The van der Waals surface area contributed by atoms with Crippen LogP contribution in [0.5, 0.6) is 0 Å². The first-order valence-corrected chi connectivity index (χ1v) is 5.30. The second-order valence-corrected chi connectivity index (χ2v) is 3.58. The maximum atomic E-state index is 8.22. The van der Waals surface area contributed by atoms with Gasteiger partial charge in [-0.2, -0.15) is 0 Å². The van der Waals surface area contributed by atoms with E-state index in [2.05, 4.69) is 15.3 Å². The van der Waals surface area contributed by atoms with Gasteiger partial charge in [-0.15, -0.1) is 0 Å². The second-order valence-electron chi connectivity index (χ2n) is 3.58. The third kappa shape index (κ3) is 3.26. The van der Waals surface area contributed by atoms with Crippen molar-refractivity contribution in [2.75, 3.05) is 5.32 Å². The van der Waals surface area contributed by atoms with Crippen LogP contribution in [0.2, 0.25) is 0 Å². The molecule has 0 aromatic heterocycles. The van der Waals surface area contributed by atoms with Gasteiger partial charge in [0.2, 0.25) is 0 Å². The van der Waals surface area contributed by atoms with Gasteiger partial charge in [0.25, 0.3) is 0 Å². The summed E-state index contributed by atoms with van der Waals surface area (Å²) in [5, 5.41) is 6.80. The fourth-order valence-corrected chi connectivity index (χ4v) is 1.49. The van der Waals surface area contributed by atoms with Crippen LogP contribution in [0.3, 0.4) is 0 Å². The number of azide groups is 1. The smallest absolute Gasteiger partial charge is 0.0510 e. The molecular weight excluding hydrogens is 212 g/mol. The molecule has 4 nitrogen and oxygen atoms in total. The summed E-state index contributed by atoms with van der Waals surface area (Å²) in [5.74, 6) is 0. The van der Waals surface area contributed by atoms with Crippen molar-refractivity contribution in [1.29, 1.82) is 0 Å². The van der Waals surface area contributed by atoms with Crippen LogP contribution in [0.4, 0.5) is 11.4 Å². The summed E-state index contributed by atoms with van der Waals surface area (Å²) in [6.07, 6.45) is 0. The zero-order valence-electron chi connectivity index (χ0n) is 9.24. The minimum Gasteiger partial charge on any atom is -0.356 e. The fourth-order valence-electron chi connectivity index (χ4n) is 1.49. The number of para-hydroxylation sites is 1. The van der Waals surface area contributed by atoms with Gasteiger partial charge in [0.05, 0.1) is 6.54 Å². The predicted octanol–water partition coefficient (Wildman–Crippen LogP) is 4.24. The van der Waals surface area contributed by atoms with Gasteiger partial charge >= 0.3 is 0 Å². The molecule has 17 heavy (non-hydrogen) atoms. The van der Waals surface area contributed by atoms with E-state index >= 15 is 0 Å². The minimum absolute atomic E-state index is 0.391. The highest BCUT2D eigenvalue weighted by molar-refractivity contribution is 5.59. The lowest BCUT2D eigenvalue weighted by Gasteiger charge is -2.06. The van der Waals surface area contributed by atoms with E-state index in [-0.39, 0.29) is 0 Å². The highest BCUT2D eigenvalue weighted by Crippen LogP contribution is 2.16. The normalized spacial score (nSPS) is 9.41. The molecule has 0 saturated heterocycles. The van der Waals surface area contributed by atoms with Crippen LogP contribution >= 0.6 is 0 Å². The third-order valence-corrected chi connectivity index (χ3v) is 2.33. The standard InChI is InChI=1S/C13H12N4/c14-17-15-10-11-6-8-13(9-7-11)16-12-4-2-1-3-5-12/h1-9,16H,10H2. The van der Waals surface area contributed by atoms with Gasteiger partial charge in [0.1, 0.15) is 0 Å². The summed E-state index contributed by atoms with van der Waals surface area (Å²) >= 11 is 0. The van der Waals surface area contributed by atoms with Crippen molar-refractivity contribution in [3.8, 4) is 0 Å². The number of nitrogens with one attached hydrogen (secondary N) is 1. The van der Waals surface area contributed by atoms with Gasteiger partial charge in [-0.3, -0.25) is 0 Å². The van der Waals surface area contributed by atoms with E-state index in [1.54, 1.807) is 0 Å². The summed E-state index contributed by atoms with van der Waals surface area (Å²) in [5.41, 5.74) is 11.3. The van der Waals surface area contributed by atoms with Crippen molar-refractivity contribution in [1.82, 2.24) is 0 Å². The fraction of sp³-hybridized carbons (Fsp3) is 0.0769. The van der Waals surface area contributed by atoms with Gasteiger partial charge in [0.15, 0.2) is 0 Å². The van der Waals surface area contributed by atoms with E-state index in [0.29, 0.717) is 6.54 Å². The molecule has 0 heterocycles. The zero-order valence-corrected chi connectivity index (χ0v) is 9.24. The Hall–Kier alpha value is -2.45. The molecule has 0 bridgehead atoms. The molecule has 0 fully saturated rings. The molecule has 4 heteroatoms. The SMILES string of the molecule is [N-]=[N+]=NCc1ccc(Nc2ccccc2)cc1. The molecule has 0 unspecified atom stereocenters. The number of nitrogens with zero attached hydrogens (tertiary/aromatic N) is 3. The Bertz CT molecular complexity index is 513. The molecule has 0 radical (unpaired) electrons. The quantitative estimate of drug-likeness (QED) is 0.471. The first kappa shape index (κ1) is 11.0. The number of benzene rings is 2. The molecule has 0 aliphatic carbocycles. The van der Waals surface area contributed by atoms with E-state index in [1.165, 1.54) is 0 Å². The third-order valence-electron chi connectivity index (χ3n) is 2.33. The van der Waals surface area contributed by atoms with Gasteiger partial charge in [-0.25, -0.2) is 0 Å². The maximum Gasteiger partial charge on any atom is 0.0510 e. The lowest BCUT2D eigenvalue weighted by molar-refractivity contribution is 1.05. The molecule has 0 amide bonds. The molecular formula is C13H12N4. The molecule has 84 valence electrons. The van der Waals surface area contributed by atoms with E-state index in [9.17, 15) is 0 Å². The molecule has 0 saturated carbocycles.